The lowest BCUT2D eigenvalue weighted by atomic mass is 10.1. The van der Waals surface area contributed by atoms with Crippen molar-refractivity contribution in [2.24, 2.45) is 0 Å². The van der Waals surface area contributed by atoms with Gasteiger partial charge >= 0.3 is 0 Å². The van der Waals surface area contributed by atoms with E-state index in [-0.39, 0.29) is 30.3 Å². The maximum absolute atomic E-state index is 12.8. The summed E-state index contributed by atoms with van der Waals surface area (Å²) in [7, 11) is -3.72. The molecule has 0 fully saturated rings. The van der Waals surface area contributed by atoms with Crippen LogP contribution in [0.15, 0.2) is 91.0 Å². The zero-order valence-electron chi connectivity index (χ0n) is 17.9. The van der Waals surface area contributed by atoms with Gasteiger partial charge in [0.05, 0.1) is 29.5 Å². The molecule has 168 valence electrons. The number of nitrogens with zero attached hydrogens (tertiary/aromatic N) is 2. The van der Waals surface area contributed by atoms with Gasteiger partial charge in [-0.25, -0.2) is 8.42 Å². The molecular formula is C25H22N2O5S. The predicted octanol–water partition coefficient (Wildman–Crippen LogP) is 5.29. The molecule has 0 spiro atoms. The van der Waals surface area contributed by atoms with Gasteiger partial charge < -0.3 is 4.74 Å². The lowest BCUT2D eigenvalue weighted by Gasteiger charge is -2.25. The molecule has 0 N–H and O–H groups in total. The summed E-state index contributed by atoms with van der Waals surface area (Å²) in [5.41, 5.74) is 1.70. The Balaban J connectivity index is 1.73. The summed E-state index contributed by atoms with van der Waals surface area (Å²) < 4.78 is 32.7. The summed E-state index contributed by atoms with van der Waals surface area (Å²) in [4.78, 5) is 10.8. The molecule has 0 heterocycles. The molecule has 0 aromatic heterocycles. The number of nitro groups is 1. The Labute approximate surface area is 192 Å². The molecule has 0 amide bonds. The van der Waals surface area contributed by atoms with Gasteiger partial charge in [0.2, 0.25) is 10.0 Å². The van der Waals surface area contributed by atoms with E-state index in [2.05, 4.69) is 0 Å². The first-order valence-electron chi connectivity index (χ1n) is 10.2. The van der Waals surface area contributed by atoms with Crippen molar-refractivity contribution in [2.75, 3.05) is 10.6 Å². The van der Waals surface area contributed by atoms with Crippen LogP contribution < -0.4 is 9.04 Å². The monoisotopic (exact) mass is 462 g/mol. The quantitative estimate of drug-likeness (QED) is 0.262. The summed E-state index contributed by atoms with van der Waals surface area (Å²) >= 11 is 0. The summed E-state index contributed by atoms with van der Waals surface area (Å²) in [5.74, 6) is 0.124. The van der Waals surface area contributed by atoms with Gasteiger partial charge in [-0.3, -0.25) is 14.4 Å². The molecule has 0 saturated carbocycles. The highest BCUT2D eigenvalue weighted by molar-refractivity contribution is 7.92. The van der Waals surface area contributed by atoms with Gasteiger partial charge in [0.25, 0.3) is 5.69 Å². The second-order valence-corrected chi connectivity index (χ2v) is 9.54. The van der Waals surface area contributed by atoms with Gasteiger partial charge in [0.15, 0.2) is 5.75 Å². The number of sulfonamides is 1. The van der Waals surface area contributed by atoms with E-state index in [0.29, 0.717) is 0 Å². The second-order valence-electron chi connectivity index (χ2n) is 7.63. The Bertz CT molecular complexity index is 1410. The Morgan fingerprint density at radius 2 is 1.55 bits per heavy atom. The Morgan fingerprint density at radius 3 is 2.24 bits per heavy atom. The van der Waals surface area contributed by atoms with Crippen molar-refractivity contribution in [3.63, 3.8) is 0 Å². The van der Waals surface area contributed by atoms with Crippen LogP contribution in [0.25, 0.3) is 10.8 Å². The number of ether oxygens (including phenoxy) is 1. The van der Waals surface area contributed by atoms with Crippen molar-refractivity contribution >= 4 is 32.2 Å². The Hall–Kier alpha value is -3.91. The third-order valence-corrected chi connectivity index (χ3v) is 6.33. The van der Waals surface area contributed by atoms with Crippen LogP contribution in [0.4, 0.5) is 11.4 Å². The van der Waals surface area contributed by atoms with E-state index in [1.165, 1.54) is 22.5 Å². The molecule has 8 heteroatoms. The van der Waals surface area contributed by atoms with E-state index in [1.54, 1.807) is 0 Å². The van der Waals surface area contributed by atoms with Crippen molar-refractivity contribution in [1.82, 2.24) is 0 Å². The molecule has 0 bridgehead atoms. The molecular weight excluding hydrogens is 440 g/mol. The molecule has 4 aromatic carbocycles. The smallest absolute Gasteiger partial charge is 0.273 e. The molecule has 0 atom stereocenters. The van der Waals surface area contributed by atoms with Crippen LogP contribution in [0.2, 0.25) is 0 Å². The summed E-state index contributed by atoms with van der Waals surface area (Å²) in [5, 5.41) is 13.4. The number of benzene rings is 4. The minimum Gasteiger partial charge on any atom is -0.486 e. The van der Waals surface area contributed by atoms with Crippen molar-refractivity contribution in [1.29, 1.82) is 0 Å². The van der Waals surface area contributed by atoms with E-state index in [4.69, 9.17) is 4.74 Å². The summed E-state index contributed by atoms with van der Waals surface area (Å²) in [6.07, 6.45) is 1.11. The van der Waals surface area contributed by atoms with Crippen LogP contribution in [-0.2, 0) is 23.2 Å². The van der Waals surface area contributed by atoms with Crippen LogP contribution >= 0.6 is 0 Å². The third-order valence-electron chi connectivity index (χ3n) is 5.20. The van der Waals surface area contributed by atoms with Gasteiger partial charge in [-0.15, -0.1) is 0 Å². The van der Waals surface area contributed by atoms with Gasteiger partial charge in [-0.05, 0) is 34.0 Å². The average Bonchev–Trinajstić information content (AvgIpc) is 2.81. The standard InChI is InChI=1S/C25H22N2O5S/c1-33(30,31)26(17-20-11-12-21-9-5-6-10-22(21)15-20)24-14-13-23(27(28)29)16-25(24)32-18-19-7-3-2-4-8-19/h2-16H,17-18H2,1H3. The fraction of sp³-hybridized carbons (Fsp3) is 0.120. The van der Waals surface area contributed by atoms with Gasteiger partial charge in [0, 0.05) is 6.07 Å². The van der Waals surface area contributed by atoms with Crippen molar-refractivity contribution in [2.45, 2.75) is 13.2 Å². The summed E-state index contributed by atoms with van der Waals surface area (Å²) in [6.45, 7) is 0.200. The van der Waals surface area contributed by atoms with E-state index >= 15 is 0 Å². The minimum atomic E-state index is -3.72. The van der Waals surface area contributed by atoms with Crippen LogP contribution in [0.5, 0.6) is 5.75 Å². The fourth-order valence-corrected chi connectivity index (χ4v) is 4.45. The first kappa shape index (κ1) is 22.3. The highest BCUT2D eigenvalue weighted by atomic mass is 32.2. The zero-order valence-corrected chi connectivity index (χ0v) is 18.7. The van der Waals surface area contributed by atoms with Gasteiger partial charge in [-0.1, -0.05) is 66.7 Å². The lowest BCUT2D eigenvalue weighted by Crippen LogP contribution is -2.29. The van der Waals surface area contributed by atoms with Crippen LogP contribution in [0, 0.1) is 10.1 Å². The number of hydrogen-bond acceptors (Lipinski definition) is 5. The van der Waals surface area contributed by atoms with Crippen LogP contribution in [0.3, 0.4) is 0 Å². The molecule has 0 unspecified atom stereocenters. The molecule has 33 heavy (non-hydrogen) atoms. The van der Waals surface area contributed by atoms with Crippen LogP contribution in [-0.4, -0.2) is 19.6 Å². The number of rotatable bonds is 8. The highest BCUT2D eigenvalue weighted by Gasteiger charge is 2.24. The Morgan fingerprint density at radius 1 is 0.848 bits per heavy atom. The first-order valence-corrected chi connectivity index (χ1v) is 12.1. The predicted molar refractivity (Wildman–Crippen MR) is 129 cm³/mol. The van der Waals surface area contributed by atoms with E-state index in [0.717, 1.165) is 28.2 Å². The summed E-state index contributed by atoms with van der Waals surface area (Å²) in [6, 6.07) is 26.8. The lowest BCUT2D eigenvalue weighted by molar-refractivity contribution is -0.384. The van der Waals surface area contributed by atoms with Crippen molar-refractivity contribution in [3.05, 3.63) is 112 Å². The topological polar surface area (TPSA) is 89.8 Å². The Kier molecular flexibility index (Phi) is 6.28. The maximum atomic E-state index is 12.8. The molecule has 4 rings (SSSR count). The SMILES string of the molecule is CS(=O)(=O)N(Cc1ccc2ccccc2c1)c1ccc([N+](=O)[O-])cc1OCc1ccccc1. The number of anilines is 1. The van der Waals surface area contributed by atoms with Crippen LogP contribution in [0.1, 0.15) is 11.1 Å². The normalized spacial score (nSPS) is 11.3. The second kappa shape index (κ2) is 9.30. The number of non-ortho nitro benzene ring substituents is 1. The van der Waals surface area contributed by atoms with E-state index in [9.17, 15) is 18.5 Å². The zero-order chi connectivity index (χ0) is 23.4. The van der Waals surface area contributed by atoms with Crippen molar-refractivity contribution < 1.29 is 18.1 Å². The maximum Gasteiger partial charge on any atom is 0.273 e. The molecule has 0 radical (unpaired) electrons. The number of nitro benzene ring substituents is 1. The molecule has 4 aromatic rings. The largest absolute Gasteiger partial charge is 0.486 e. The molecule has 7 nitrogen and oxygen atoms in total. The van der Waals surface area contributed by atoms with E-state index < -0.39 is 14.9 Å². The fourth-order valence-electron chi connectivity index (χ4n) is 3.56. The molecule has 0 aliphatic heterocycles. The van der Waals surface area contributed by atoms with Crippen molar-refractivity contribution in [3.8, 4) is 5.75 Å². The number of fused-ring (bicyclic) bond motifs is 1. The third kappa shape index (κ3) is 5.30. The molecule has 0 aliphatic rings. The first-order chi connectivity index (χ1) is 15.8. The van der Waals surface area contributed by atoms with Gasteiger partial charge in [-0.2, -0.15) is 0 Å². The van der Waals surface area contributed by atoms with Gasteiger partial charge in [0.1, 0.15) is 6.61 Å². The molecule has 0 aliphatic carbocycles. The number of hydrogen-bond donors (Lipinski definition) is 0. The van der Waals surface area contributed by atoms with E-state index in [1.807, 2.05) is 72.8 Å². The highest BCUT2D eigenvalue weighted by Crippen LogP contribution is 2.35. The minimum absolute atomic E-state index is 0.0587. The molecule has 0 saturated heterocycles. The average molecular weight is 463 g/mol.